The van der Waals surface area contributed by atoms with Crippen LogP contribution in [-0.2, 0) is 19.1 Å². The van der Waals surface area contributed by atoms with Gasteiger partial charge in [0.1, 0.15) is 17.0 Å². The smallest absolute Gasteiger partial charge is 0.427 e. The summed E-state index contributed by atoms with van der Waals surface area (Å²) in [6, 6.07) is 2.20. The van der Waals surface area contributed by atoms with Crippen LogP contribution in [0.4, 0.5) is 13.2 Å². The van der Waals surface area contributed by atoms with Crippen molar-refractivity contribution in [2.75, 3.05) is 13.2 Å². The van der Waals surface area contributed by atoms with E-state index in [0.29, 0.717) is 26.1 Å². The first-order valence-corrected chi connectivity index (χ1v) is 10.6. The van der Waals surface area contributed by atoms with Gasteiger partial charge in [0, 0.05) is 40.6 Å². The molecule has 1 aromatic rings. The molecule has 1 saturated heterocycles. The van der Waals surface area contributed by atoms with E-state index in [2.05, 4.69) is 41.9 Å². The Bertz CT molecular complexity index is 885. The van der Waals surface area contributed by atoms with Gasteiger partial charge in [0.15, 0.2) is 0 Å². The summed E-state index contributed by atoms with van der Waals surface area (Å²) < 4.78 is 53.1. The van der Waals surface area contributed by atoms with E-state index in [1.165, 1.54) is 0 Å². The number of hydrogen-bond donors (Lipinski definition) is 1. The lowest BCUT2D eigenvalue weighted by Gasteiger charge is -2.35. The minimum Gasteiger partial charge on any atom is -0.427 e. The van der Waals surface area contributed by atoms with E-state index in [1.807, 2.05) is 0 Å². The second-order valence-electron chi connectivity index (χ2n) is 7.24. The molecule has 0 radical (unpaired) electrons. The normalized spacial score (nSPS) is 18.7. The summed E-state index contributed by atoms with van der Waals surface area (Å²) in [6.07, 6.45) is -4.07. The predicted octanol–water partition coefficient (Wildman–Crippen LogP) is 4.70. The van der Waals surface area contributed by atoms with Gasteiger partial charge in [-0.25, -0.2) is 0 Å². The number of alkyl halides is 3. The summed E-state index contributed by atoms with van der Waals surface area (Å²) >= 11 is 6.44. The molecule has 30 heavy (non-hydrogen) atoms. The van der Waals surface area contributed by atoms with E-state index >= 15 is 0 Å². The molecule has 6 nitrogen and oxygen atoms in total. The SMILES string of the molecule is CC(C)C(=O)OC1=C(c2c(Br)cc(OC(F)(F)F)cc2Br)C(=O)NC12CCOCC2. The van der Waals surface area contributed by atoms with E-state index in [-0.39, 0.29) is 25.8 Å². The Hall–Kier alpha value is -1.59. The van der Waals surface area contributed by atoms with Crippen LogP contribution in [0.15, 0.2) is 26.8 Å². The molecule has 3 rings (SSSR count). The molecule has 0 atom stereocenters. The lowest BCUT2D eigenvalue weighted by Crippen LogP contribution is -2.49. The average Bonchev–Trinajstić information content (AvgIpc) is 2.85. The molecular weight excluding hydrogens is 539 g/mol. The number of carbonyl (C=O) groups is 2. The van der Waals surface area contributed by atoms with Gasteiger partial charge in [-0.15, -0.1) is 13.2 Å². The summed E-state index contributed by atoms with van der Waals surface area (Å²) in [5, 5.41) is 2.90. The molecule has 0 saturated carbocycles. The van der Waals surface area contributed by atoms with Gasteiger partial charge in [0.05, 0.1) is 11.5 Å². The predicted molar refractivity (Wildman–Crippen MR) is 107 cm³/mol. The Labute approximate surface area is 187 Å². The van der Waals surface area contributed by atoms with Crippen LogP contribution in [0.3, 0.4) is 0 Å². The van der Waals surface area contributed by atoms with Crippen molar-refractivity contribution in [3.8, 4) is 5.75 Å². The van der Waals surface area contributed by atoms with Gasteiger partial charge in [-0.05, 0) is 44.0 Å². The molecule has 2 aliphatic heterocycles. The summed E-state index contributed by atoms with van der Waals surface area (Å²) in [6.45, 7) is 4.05. The Morgan fingerprint density at radius 1 is 1.20 bits per heavy atom. The number of halogens is 5. The van der Waals surface area contributed by atoms with Crippen molar-refractivity contribution in [3.63, 3.8) is 0 Å². The highest BCUT2D eigenvalue weighted by Gasteiger charge is 2.50. The van der Waals surface area contributed by atoms with Crippen molar-refractivity contribution in [2.24, 2.45) is 5.92 Å². The number of nitrogens with one attached hydrogen (secondary N) is 1. The zero-order valence-electron chi connectivity index (χ0n) is 16.0. The van der Waals surface area contributed by atoms with E-state index in [9.17, 15) is 22.8 Å². The number of rotatable bonds is 4. The molecule has 1 spiro atoms. The molecule has 1 fully saturated rings. The van der Waals surface area contributed by atoms with E-state index in [1.54, 1.807) is 13.8 Å². The maximum atomic E-state index is 13.0. The Morgan fingerprint density at radius 3 is 2.27 bits per heavy atom. The van der Waals surface area contributed by atoms with Crippen molar-refractivity contribution in [3.05, 3.63) is 32.4 Å². The van der Waals surface area contributed by atoms with Crippen LogP contribution in [0.5, 0.6) is 5.75 Å². The monoisotopic (exact) mass is 555 g/mol. The zero-order valence-corrected chi connectivity index (χ0v) is 19.2. The molecule has 164 valence electrons. The van der Waals surface area contributed by atoms with Crippen LogP contribution >= 0.6 is 31.9 Å². The van der Waals surface area contributed by atoms with Crippen molar-refractivity contribution < 1.29 is 37.0 Å². The molecule has 1 aromatic carbocycles. The van der Waals surface area contributed by atoms with Crippen LogP contribution in [0.2, 0.25) is 0 Å². The Balaban J connectivity index is 2.15. The molecule has 0 unspecified atom stereocenters. The molecule has 11 heteroatoms. The third-order valence-electron chi connectivity index (χ3n) is 4.76. The summed E-state index contributed by atoms with van der Waals surface area (Å²) in [4.78, 5) is 25.4. The number of ether oxygens (including phenoxy) is 3. The van der Waals surface area contributed by atoms with Gasteiger partial charge in [-0.2, -0.15) is 0 Å². The summed E-state index contributed by atoms with van der Waals surface area (Å²) in [5.41, 5.74) is -0.588. The molecule has 2 aliphatic rings. The molecule has 1 amide bonds. The molecule has 0 aliphatic carbocycles. The van der Waals surface area contributed by atoms with Crippen LogP contribution in [0.1, 0.15) is 32.3 Å². The van der Waals surface area contributed by atoms with Crippen molar-refractivity contribution >= 4 is 49.3 Å². The average molecular weight is 557 g/mol. The van der Waals surface area contributed by atoms with Crippen LogP contribution < -0.4 is 10.1 Å². The van der Waals surface area contributed by atoms with E-state index in [0.717, 1.165) is 12.1 Å². The lowest BCUT2D eigenvalue weighted by atomic mass is 9.87. The van der Waals surface area contributed by atoms with Crippen molar-refractivity contribution in [1.82, 2.24) is 5.32 Å². The third kappa shape index (κ3) is 4.67. The fourth-order valence-electron chi connectivity index (χ4n) is 3.33. The second-order valence-corrected chi connectivity index (χ2v) is 8.95. The van der Waals surface area contributed by atoms with Crippen LogP contribution in [0, 0.1) is 5.92 Å². The highest BCUT2D eigenvalue weighted by Crippen LogP contribution is 2.45. The number of carbonyl (C=O) groups excluding carboxylic acids is 2. The third-order valence-corrected chi connectivity index (χ3v) is 6.01. The molecule has 2 heterocycles. The first-order chi connectivity index (χ1) is 13.9. The topological polar surface area (TPSA) is 73.9 Å². The fraction of sp³-hybridized carbons (Fsp3) is 0.474. The van der Waals surface area contributed by atoms with Gasteiger partial charge < -0.3 is 19.5 Å². The molecule has 1 N–H and O–H groups in total. The Kier molecular flexibility index (Phi) is 6.54. The second kappa shape index (κ2) is 8.51. The van der Waals surface area contributed by atoms with Gasteiger partial charge in [-0.1, -0.05) is 13.8 Å². The lowest BCUT2D eigenvalue weighted by molar-refractivity contribution is -0.274. The van der Waals surface area contributed by atoms with Crippen molar-refractivity contribution in [2.45, 2.75) is 38.6 Å². The Morgan fingerprint density at radius 2 is 1.77 bits per heavy atom. The largest absolute Gasteiger partial charge is 0.573 e. The first-order valence-electron chi connectivity index (χ1n) is 9.05. The summed E-state index contributed by atoms with van der Waals surface area (Å²) in [5.74, 6) is -1.77. The van der Waals surface area contributed by atoms with E-state index in [4.69, 9.17) is 9.47 Å². The molecular formula is C19H18Br2F3NO5. The van der Waals surface area contributed by atoms with Gasteiger partial charge >= 0.3 is 12.3 Å². The highest BCUT2D eigenvalue weighted by atomic mass is 79.9. The van der Waals surface area contributed by atoms with E-state index < -0.39 is 35.4 Å². The number of benzene rings is 1. The fourth-order valence-corrected chi connectivity index (χ4v) is 4.87. The number of amides is 1. The standard InChI is InChI=1S/C19H18Br2F3NO5/c1-9(2)17(27)29-15-14(16(26)25-18(15)3-5-28-6-4-18)13-11(20)7-10(8-12(13)21)30-19(22,23)24/h7-9H,3-6H2,1-2H3,(H,25,26). The minimum atomic E-state index is -4.87. The number of esters is 1. The minimum absolute atomic E-state index is 0.0724. The molecule has 0 aromatic heterocycles. The zero-order chi connectivity index (χ0) is 22.3. The molecule has 0 bridgehead atoms. The van der Waals surface area contributed by atoms with Gasteiger partial charge in [0.25, 0.3) is 5.91 Å². The van der Waals surface area contributed by atoms with Crippen LogP contribution in [-0.4, -0.2) is 37.0 Å². The highest BCUT2D eigenvalue weighted by molar-refractivity contribution is 9.11. The summed E-state index contributed by atoms with van der Waals surface area (Å²) in [7, 11) is 0. The maximum absolute atomic E-state index is 13.0. The van der Waals surface area contributed by atoms with Crippen molar-refractivity contribution in [1.29, 1.82) is 0 Å². The van der Waals surface area contributed by atoms with Gasteiger partial charge in [-0.3, -0.25) is 9.59 Å². The number of hydrogen-bond acceptors (Lipinski definition) is 5. The first kappa shape index (κ1) is 23.1. The maximum Gasteiger partial charge on any atom is 0.573 e. The van der Waals surface area contributed by atoms with Gasteiger partial charge in [0.2, 0.25) is 0 Å². The quantitative estimate of drug-likeness (QED) is 0.544. The van der Waals surface area contributed by atoms with Crippen LogP contribution in [0.25, 0.3) is 5.57 Å².